The zero-order chi connectivity index (χ0) is 11.8. The van der Waals surface area contributed by atoms with Crippen molar-refractivity contribution >= 4 is 32.3 Å². The van der Waals surface area contributed by atoms with Gasteiger partial charge < -0.3 is 5.32 Å². The van der Waals surface area contributed by atoms with Gasteiger partial charge in [0.05, 0.1) is 0 Å². The number of sulfonamides is 1. The highest BCUT2D eigenvalue weighted by atomic mass is 32.2. The fraction of sp³-hybridized carbons (Fsp3) is 0.444. The molecule has 7 heteroatoms. The molecule has 5 nitrogen and oxygen atoms in total. The second-order valence-electron chi connectivity index (χ2n) is 3.61. The molecule has 0 fully saturated rings. The smallest absolute Gasteiger partial charge is 0.267 e. The third kappa shape index (κ3) is 2.05. The van der Waals surface area contributed by atoms with Crippen molar-refractivity contribution in [1.29, 1.82) is 0 Å². The van der Waals surface area contributed by atoms with Crippen molar-refractivity contribution in [3.63, 3.8) is 0 Å². The third-order valence-electron chi connectivity index (χ3n) is 2.34. The van der Waals surface area contributed by atoms with Gasteiger partial charge in [-0.2, -0.15) is 0 Å². The van der Waals surface area contributed by atoms with Gasteiger partial charge in [0.15, 0.2) is 0 Å². The highest BCUT2D eigenvalue weighted by Crippen LogP contribution is 2.32. The van der Waals surface area contributed by atoms with E-state index in [0.717, 1.165) is 6.42 Å². The number of guanidine groups is 1. The van der Waals surface area contributed by atoms with Crippen LogP contribution < -0.4 is 10.0 Å². The minimum atomic E-state index is -3.43. The maximum Gasteiger partial charge on any atom is 0.267 e. The van der Waals surface area contributed by atoms with E-state index in [1.54, 1.807) is 11.4 Å². The lowest BCUT2D eigenvalue weighted by Crippen LogP contribution is -2.45. The Morgan fingerprint density at radius 3 is 3.06 bits per heavy atom. The zero-order valence-corrected chi connectivity index (χ0v) is 10.7. The fourth-order valence-electron chi connectivity index (χ4n) is 1.28. The van der Waals surface area contributed by atoms with Crippen LogP contribution in [0.4, 0.5) is 5.00 Å². The van der Waals surface area contributed by atoms with Crippen molar-refractivity contribution in [1.82, 2.24) is 10.0 Å². The van der Waals surface area contributed by atoms with Gasteiger partial charge in [-0.15, -0.1) is 11.3 Å². The van der Waals surface area contributed by atoms with Crippen LogP contribution in [0.2, 0.25) is 0 Å². The molecule has 0 aromatic carbocycles. The minimum absolute atomic E-state index is 0.183. The monoisotopic (exact) mass is 259 g/mol. The first kappa shape index (κ1) is 11.4. The summed E-state index contributed by atoms with van der Waals surface area (Å²) in [5, 5.41) is 5.27. The summed E-state index contributed by atoms with van der Waals surface area (Å²) in [6, 6.07) is 1.74. The van der Waals surface area contributed by atoms with Crippen molar-refractivity contribution in [3.8, 4) is 0 Å². The molecular weight excluding hydrogens is 246 g/mol. The fourth-order valence-corrected chi connectivity index (χ4v) is 3.49. The first-order chi connectivity index (χ1) is 7.53. The lowest BCUT2D eigenvalue weighted by Gasteiger charge is -2.19. The van der Waals surface area contributed by atoms with Gasteiger partial charge in [-0.3, -0.25) is 0 Å². The Bertz CT molecular complexity index is 519. The Morgan fingerprint density at radius 1 is 1.62 bits per heavy atom. The van der Waals surface area contributed by atoms with Crippen molar-refractivity contribution in [3.05, 3.63) is 11.4 Å². The molecule has 1 aliphatic heterocycles. The molecule has 1 aromatic heterocycles. The molecule has 0 spiro atoms. The first-order valence-electron chi connectivity index (χ1n) is 4.98. The number of aliphatic imine (C=N–C) groups is 1. The Balaban J connectivity index is 2.33. The predicted molar refractivity (Wildman–Crippen MR) is 64.6 cm³/mol. The van der Waals surface area contributed by atoms with E-state index in [1.165, 1.54) is 11.3 Å². The van der Waals surface area contributed by atoms with Gasteiger partial charge in [-0.05, 0) is 24.8 Å². The molecule has 0 saturated carbocycles. The van der Waals surface area contributed by atoms with E-state index in [4.69, 9.17) is 0 Å². The van der Waals surface area contributed by atoms with Crippen LogP contribution in [0, 0.1) is 0 Å². The standard InChI is InChI=1S/C9H13N3O2S2/c1-3-6(2)10-9-11-8-7(4-5-15-8)16(13,14)12-9/h4-6H,3H2,1-2H3,(H2,10,11,12). The van der Waals surface area contributed by atoms with E-state index >= 15 is 0 Å². The third-order valence-corrected chi connectivity index (χ3v) is 4.65. The second kappa shape index (κ2) is 4.06. The van der Waals surface area contributed by atoms with Crippen LogP contribution >= 0.6 is 11.3 Å². The molecule has 0 saturated heterocycles. The van der Waals surface area contributed by atoms with E-state index in [0.29, 0.717) is 11.0 Å². The molecule has 0 aliphatic carbocycles. The highest BCUT2D eigenvalue weighted by molar-refractivity contribution is 7.90. The van der Waals surface area contributed by atoms with Crippen LogP contribution in [0.1, 0.15) is 20.3 Å². The van der Waals surface area contributed by atoms with E-state index in [9.17, 15) is 8.42 Å². The molecular formula is C9H13N3O2S2. The Morgan fingerprint density at radius 2 is 2.38 bits per heavy atom. The molecule has 0 amide bonds. The van der Waals surface area contributed by atoms with Crippen LogP contribution in [0.25, 0.3) is 0 Å². The largest absolute Gasteiger partial charge is 0.353 e. The molecule has 0 bridgehead atoms. The number of thiophene rings is 1. The number of nitrogens with one attached hydrogen (secondary N) is 2. The quantitative estimate of drug-likeness (QED) is 0.843. The molecule has 2 rings (SSSR count). The lowest BCUT2D eigenvalue weighted by atomic mass is 10.3. The molecule has 2 N–H and O–H groups in total. The van der Waals surface area contributed by atoms with Crippen LogP contribution in [-0.4, -0.2) is 20.4 Å². The maximum atomic E-state index is 11.8. The number of hydrogen-bond acceptors (Lipinski definition) is 5. The van der Waals surface area contributed by atoms with Gasteiger partial charge >= 0.3 is 0 Å². The topological polar surface area (TPSA) is 70.6 Å². The average Bonchev–Trinajstić information content (AvgIpc) is 2.65. The van der Waals surface area contributed by atoms with E-state index in [1.807, 2.05) is 13.8 Å². The lowest BCUT2D eigenvalue weighted by molar-refractivity contribution is 0.586. The Kier molecular flexibility index (Phi) is 2.90. The van der Waals surface area contributed by atoms with Gasteiger partial charge in [0.2, 0.25) is 5.96 Å². The van der Waals surface area contributed by atoms with E-state index in [-0.39, 0.29) is 10.9 Å². The zero-order valence-electron chi connectivity index (χ0n) is 9.02. The number of fused-ring (bicyclic) bond motifs is 1. The molecule has 1 aliphatic rings. The summed E-state index contributed by atoms with van der Waals surface area (Å²) < 4.78 is 26.0. The number of hydrogen-bond donors (Lipinski definition) is 2. The molecule has 1 aromatic rings. The molecule has 16 heavy (non-hydrogen) atoms. The number of nitrogens with zero attached hydrogens (tertiary/aromatic N) is 1. The number of rotatable bonds is 2. The summed E-state index contributed by atoms with van der Waals surface area (Å²) in [4.78, 5) is 4.48. The summed E-state index contributed by atoms with van der Waals surface area (Å²) in [6.45, 7) is 3.99. The molecule has 1 atom stereocenters. The van der Waals surface area contributed by atoms with Crippen molar-refractivity contribution in [2.24, 2.45) is 4.99 Å². The van der Waals surface area contributed by atoms with Crippen LogP contribution in [-0.2, 0) is 10.0 Å². The van der Waals surface area contributed by atoms with Crippen molar-refractivity contribution in [2.75, 3.05) is 0 Å². The van der Waals surface area contributed by atoms with Crippen molar-refractivity contribution in [2.45, 2.75) is 31.2 Å². The summed E-state index contributed by atoms with van der Waals surface area (Å²) in [6.07, 6.45) is 0.901. The van der Waals surface area contributed by atoms with Crippen LogP contribution in [0.5, 0.6) is 0 Å². The Hall–Kier alpha value is -1.08. The summed E-state index contributed by atoms with van der Waals surface area (Å²) in [5.41, 5.74) is 0. The molecule has 0 radical (unpaired) electrons. The van der Waals surface area contributed by atoms with E-state index < -0.39 is 10.0 Å². The van der Waals surface area contributed by atoms with Gasteiger partial charge in [-0.1, -0.05) is 6.92 Å². The van der Waals surface area contributed by atoms with Gasteiger partial charge in [0.1, 0.15) is 9.90 Å². The van der Waals surface area contributed by atoms with Crippen LogP contribution in [0.15, 0.2) is 21.3 Å². The predicted octanol–water partition coefficient (Wildman–Crippen LogP) is 1.42. The van der Waals surface area contributed by atoms with Gasteiger partial charge in [0, 0.05) is 6.04 Å². The summed E-state index contributed by atoms with van der Waals surface area (Å²) >= 11 is 1.32. The SMILES string of the molecule is CCC(C)NC1=Nc2sccc2S(=O)(=O)N1. The van der Waals surface area contributed by atoms with E-state index in [2.05, 4.69) is 15.0 Å². The van der Waals surface area contributed by atoms with Crippen molar-refractivity contribution < 1.29 is 8.42 Å². The Labute approximate surface area is 98.6 Å². The normalized spacial score (nSPS) is 19.2. The highest BCUT2D eigenvalue weighted by Gasteiger charge is 2.26. The molecule has 1 unspecified atom stereocenters. The molecule has 88 valence electrons. The summed E-state index contributed by atoms with van der Waals surface area (Å²) in [7, 11) is -3.43. The van der Waals surface area contributed by atoms with Gasteiger partial charge in [0.25, 0.3) is 10.0 Å². The maximum absolute atomic E-state index is 11.8. The summed E-state index contributed by atoms with van der Waals surface area (Å²) in [5.74, 6) is 0.310. The molecule has 2 heterocycles. The van der Waals surface area contributed by atoms with Gasteiger partial charge in [-0.25, -0.2) is 18.1 Å². The minimum Gasteiger partial charge on any atom is -0.353 e. The van der Waals surface area contributed by atoms with Crippen LogP contribution in [0.3, 0.4) is 0 Å². The average molecular weight is 259 g/mol. The second-order valence-corrected chi connectivity index (χ2v) is 6.15. The first-order valence-corrected chi connectivity index (χ1v) is 7.34.